The van der Waals surface area contributed by atoms with Crippen molar-refractivity contribution in [1.29, 1.82) is 0 Å². The van der Waals surface area contributed by atoms with Crippen molar-refractivity contribution >= 4 is 11.9 Å². The van der Waals surface area contributed by atoms with Crippen molar-refractivity contribution in [3.8, 4) is 11.8 Å². The molecule has 8 nitrogen and oxygen atoms in total. The average Bonchev–Trinajstić information content (AvgIpc) is 1.70. The molecule has 0 amide bonds. The number of aliphatic hydroxyl groups excluding tert-OH is 1. The van der Waals surface area contributed by atoms with Crippen LogP contribution in [0.25, 0.3) is 0 Å². The van der Waals surface area contributed by atoms with Gasteiger partial charge in [0.25, 0.3) is 0 Å². The molecule has 8 heteroatoms. The van der Waals surface area contributed by atoms with Crippen LogP contribution >= 0.6 is 0 Å². The summed E-state index contributed by atoms with van der Waals surface area (Å²) >= 11 is 0. The summed E-state index contributed by atoms with van der Waals surface area (Å²) in [6, 6.07) is 5.58. The number of piperidine rings is 3. The fourth-order valence-corrected chi connectivity index (χ4v) is 27.2. The monoisotopic (exact) mass is 1050 g/mol. The van der Waals surface area contributed by atoms with Gasteiger partial charge in [0.15, 0.2) is 11.4 Å². The van der Waals surface area contributed by atoms with Crippen molar-refractivity contribution in [3.63, 3.8) is 0 Å². The van der Waals surface area contributed by atoms with E-state index in [9.17, 15) is 5.11 Å². The number of aryl methyl sites for hydroxylation is 1. The molecule has 17 atom stereocenters. The van der Waals surface area contributed by atoms with E-state index in [2.05, 4.69) is 52.8 Å². The van der Waals surface area contributed by atoms with Gasteiger partial charge in [0.2, 0.25) is 0 Å². The second-order valence-corrected chi connectivity index (χ2v) is 31.0. The highest BCUT2D eigenvalue weighted by Gasteiger charge is 2.94. The Morgan fingerprint density at radius 2 is 1.65 bits per heavy atom. The molecule has 7 aliphatic heterocycles. The first-order valence-corrected chi connectivity index (χ1v) is 33.0. The zero-order chi connectivity index (χ0) is 51.6. The van der Waals surface area contributed by atoms with E-state index in [1.54, 1.807) is 16.8 Å². The second-order valence-electron chi connectivity index (χ2n) is 31.0. The highest BCUT2D eigenvalue weighted by atomic mass is 16.6. The zero-order valence-electron chi connectivity index (χ0n) is 46.7. The Labute approximate surface area is 463 Å². The summed E-state index contributed by atoms with van der Waals surface area (Å²) in [5, 5.41) is 14.9. The number of nitrogens with two attached hydrogens (primary N) is 1. The molecule has 0 radical (unpaired) electrons. The molecule has 1 aromatic carbocycles. The standard InChI is InChI=1S/C70H85N3O5/c1-38-30-44-19-20-51-45-31-46-35-72(51)59(44)54-49-22-28-68-62-60(74)55-47(48-21-27-65(61(55)73(34-45)58(46)48)36-66(23-4-5-24-66)67(37-65)25-6-7-26-67)14-8-12-41-16-15-40(13-9-29-71)53-57(41)70(68,78-63(53)75)52-33-42(39-10-2-3-11-39)17-18-43(32-50(38)54)56(49)69(52,68)64(76)77-62/h15-18,38-39,42-43,45-48,50-52,54-55,58,61,74H,2-7,9-13,19-37,71H2,1H3. The number of allylic oxidation sites excluding steroid dienone is 4. The van der Waals surface area contributed by atoms with Gasteiger partial charge >= 0.3 is 11.9 Å². The van der Waals surface area contributed by atoms with E-state index in [4.69, 9.17) is 15.2 Å². The molecule has 6 spiro atoms. The molecule has 1 aromatic rings. The topological polar surface area (TPSA) is 105 Å². The minimum Gasteiger partial charge on any atom is -0.508 e. The Morgan fingerprint density at radius 3 is 2.45 bits per heavy atom. The Kier molecular flexibility index (Phi) is 9.26. The molecule has 0 aromatic heterocycles. The quantitative estimate of drug-likeness (QED) is 0.175. The van der Waals surface area contributed by atoms with E-state index in [-0.39, 0.29) is 58.9 Å². The number of benzene rings is 1. The maximum atomic E-state index is 17.1. The zero-order valence-corrected chi connectivity index (χ0v) is 46.7. The highest BCUT2D eigenvalue weighted by molar-refractivity contribution is 6.01. The number of fused-ring (bicyclic) bond motifs is 10. The van der Waals surface area contributed by atoms with Gasteiger partial charge in [-0.25, -0.2) is 4.79 Å². The number of carbonyl (C=O) groups is 2. The SMILES string of the molecule is CC1CC2=C3C4C5=C6C(C=CC(C7CCCC7)CC7C68C(=O)OC6=C(O)C9C(C#CCc%10ccc(CCCN)c%11c%10C7(OC%11=O)C68CC5)C5CCC6(CC7(CCCC7)C7(CCCC7)C6)C9N6CC7CC(CN3C7CC2)C56)CC14. The van der Waals surface area contributed by atoms with Crippen LogP contribution in [0.4, 0.5) is 0 Å². The Balaban J connectivity index is 0.948. The van der Waals surface area contributed by atoms with E-state index >= 15 is 9.59 Å². The van der Waals surface area contributed by atoms with E-state index in [0.717, 1.165) is 55.5 Å². The van der Waals surface area contributed by atoms with Crippen LogP contribution in [0, 0.1) is 110 Å². The molecular weight excluding hydrogens is 963 g/mol. The first kappa shape index (κ1) is 46.8. The normalized spacial score (nSPS) is 47.1. The van der Waals surface area contributed by atoms with Crippen LogP contribution in [0.3, 0.4) is 0 Å². The third-order valence-corrected chi connectivity index (χ3v) is 29.0. The number of aliphatic hydroxyl groups is 1. The molecule has 11 fully saturated rings. The van der Waals surface area contributed by atoms with Gasteiger partial charge in [0.1, 0.15) is 11.2 Å². The largest absolute Gasteiger partial charge is 0.508 e. The third-order valence-electron chi connectivity index (χ3n) is 29.0. The van der Waals surface area contributed by atoms with E-state index < -0.39 is 16.4 Å². The van der Waals surface area contributed by atoms with Crippen LogP contribution in [0.2, 0.25) is 0 Å². The van der Waals surface area contributed by atoms with Gasteiger partial charge in [0, 0.05) is 72.6 Å². The Morgan fingerprint density at radius 1 is 0.846 bits per heavy atom. The van der Waals surface area contributed by atoms with E-state index in [1.807, 2.05) is 0 Å². The number of esters is 2. The molecule has 3 N–H and O–H groups in total. The summed E-state index contributed by atoms with van der Waals surface area (Å²) in [4.78, 5) is 39.2. The number of hydrogen-bond donors (Lipinski definition) is 2. The van der Waals surface area contributed by atoms with Gasteiger partial charge in [-0.3, -0.25) is 9.69 Å². The molecule has 5 saturated heterocycles. The summed E-state index contributed by atoms with van der Waals surface area (Å²) in [7, 11) is 0. The maximum absolute atomic E-state index is 17.1. The van der Waals surface area contributed by atoms with E-state index in [1.165, 1.54) is 134 Å². The van der Waals surface area contributed by atoms with Crippen molar-refractivity contribution in [2.24, 2.45) is 104 Å². The van der Waals surface area contributed by atoms with Crippen LogP contribution in [-0.4, -0.2) is 64.6 Å². The molecule has 19 rings (SSSR count). The van der Waals surface area contributed by atoms with Crippen molar-refractivity contribution < 1.29 is 24.2 Å². The maximum Gasteiger partial charge on any atom is 0.339 e. The second kappa shape index (κ2) is 15.4. The van der Waals surface area contributed by atoms with Gasteiger partial charge in [-0.15, -0.1) is 0 Å². The lowest BCUT2D eigenvalue weighted by atomic mass is 9.27. The molecular formula is C70H85N3O5. The summed E-state index contributed by atoms with van der Waals surface area (Å²) < 4.78 is 15.3. The molecule has 7 heterocycles. The smallest absolute Gasteiger partial charge is 0.339 e. The van der Waals surface area contributed by atoms with Gasteiger partial charge in [-0.05, 0) is 215 Å². The van der Waals surface area contributed by atoms with Crippen LogP contribution < -0.4 is 5.73 Å². The minimum atomic E-state index is -1.19. The van der Waals surface area contributed by atoms with Crippen LogP contribution in [0.1, 0.15) is 194 Å². The van der Waals surface area contributed by atoms with Crippen molar-refractivity contribution in [2.75, 3.05) is 19.6 Å². The molecule has 410 valence electrons. The number of carbonyl (C=O) groups excluding carboxylic acids is 2. The van der Waals surface area contributed by atoms with Gasteiger partial charge in [-0.2, -0.15) is 0 Å². The highest BCUT2D eigenvalue weighted by Crippen LogP contribution is 2.89. The molecule has 78 heavy (non-hydrogen) atoms. The van der Waals surface area contributed by atoms with Gasteiger partial charge < -0.3 is 25.2 Å². The van der Waals surface area contributed by atoms with Gasteiger partial charge in [-0.1, -0.05) is 92.7 Å². The Bertz CT molecular complexity index is 3090. The summed E-state index contributed by atoms with van der Waals surface area (Å²) in [5.74, 6) is 11.8. The number of rotatable bonds is 4. The molecule has 18 aliphatic rings. The third kappa shape index (κ3) is 5.09. The molecule has 17 unspecified atom stereocenters. The first-order chi connectivity index (χ1) is 38.1. The fraction of sp³-hybridized carbons (Fsp3) is 0.743. The van der Waals surface area contributed by atoms with Crippen LogP contribution in [0.5, 0.6) is 0 Å². The lowest BCUT2D eigenvalue weighted by Gasteiger charge is -2.73. The van der Waals surface area contributed by atoms with Crippen molar-refractivity contribution in [1.82, 2.24) is 9.80 Å². The van der Waals surface area contributed by atoms with Crippen LogP contribution in [0.15, 0.2) is 58.2 Å². The van der Waals surface area contributed by atoms with Crippen LogP contribution in [-0.2, 0) is 32.7 Å². The number of nitrogens with zero attached hydrogens (tertiary/aromatic N) is 2. The molecule has 4 bridgehead atoms. The summed E-state index contributed by atoms with van der Waals surface area (Å²) in [6.45, 7) is 5.40. The van der Waals surface area contributed by atoms with Crippen molar-refractivity contribution in [2.45, 2.75) is 204 Å². The van der Waals surface area contributed by atoms with E-state index in [0.29, 0.717) is 101 Å². The first-order valence-electron chi connectivity index (χ1n) is 33.0. The molecule has 6 saturated carbocycles. The van der Waals surface area contributed by atoms with Crippen molar-refractivity contribution in [3.05, 3.63) is 80.5 Å². The number of hydrogen-bond acceptors (Lipinski definition) is 8. The Hall–Kier alpha value is -3.80. The predicted octanol–water partition coefficient (Wildman–Crippen LogP) is 12.6. The summed E-state index contributed by atoms with van der Waals surface area (Å²) in [6.07, 6.45) is 36.4. The molecule has 11 aliphatic carbocycles. The van der Waals surface area contributed by atoms with Gasteiger partial charge in [0.05, 0.1) is 11.0 Å². The fourth-order valence-electron chi connectivity index (χ4n) is 27.2. The minimum absolute atomic E-state index is 0.0286. The predicted molar refractivity (Wildman–Crippen MR) is 297 cm³/mol. The lowest BCUT2D eigenvalue weighted by Crippen LogP contribution is -2.78. The average molecular weight is 1050 g/mol. The lowest BCUT2D eigenvalue weighted by molar-refractivity contribution is -0.283. The number of ether oxygens (including phenoxy) is 2. The summed E-state index contributed by atoms with van der Waals surface area (Å²) in [5.41, 5.74) is 13.9.